The maximum absolute atomic E-state index is 13.2. The zero-order valence-electron chi connectivity index (χ0n) is 14.2. The van der Waals surface area contributed by atoms with Gasteiger partial charge < -0.3 is 0 Å². The first kappa shape index (κ1) is 15.9. The van der Waals surface area contributed by atoms with Gasteiger partial charge in [-0.1, -0.05) is 26.0 Å². The highest BCUT2D eigenvalue weighted by Crippen LogP contribution is 2.66. The molecular formula is C20H27ClO2. The predicted octanol–water partition coefficient (Wildman–Crippen LogP) is 4.76. The van der Waals surface area contributed by atoms with Crippen LogP contribution in [0.15, 0.2) is 12.2 Å². The second kappa shape index (κ2) is 5.18. The van der Waals surface area contributed by atoms with Crippen LogP contribution in [0.1, 0.15) is 58.8 Å². The van der Waals surface area contributed by atoms with Crippen LogP contribution in [0.25, 0.3) is 0 Å². The summed E-state index contributed by atoms with van der Waals surface area (Å²) in [5, 5.41) is -0.221. The highest BCUT2D eigenvalue weighted by molar-refractivity contribution is 6.64. The van der Waals surface area contributed by atoms with Crippen LogP contribution in [0.3, 0.4) is 0 Å². The van der Waals surface area contributed by atoms with Crippen LogP contribution < -0.4 is 0 Å². The molecule has 23 heavy (non-hydrogen) atoms. The number of hydrogen-bond acceptors (Lipinski definition) is 2. The molecule has 7 atom stereocenters. The van der Waals surface area contributed by atoms with E-state index in [-0.39, 0.29) is 27.9 Å². The predicted molar refractivity (Wildman–Crippen MR) is 91.0 cm³/mol. The number of ketones is 1. The van der Waals surface area contributed by atoms with Crippen LogP contribution in [-0.2, 0) is 9.59 Å². The molecule has 0 aliphatic heterocycles. The van der Waals surface area contributed by atoms with E-state index in [0.29, 0.717) is 30.0 Å². The average Bonchev–Trinajstić information content (AvgIpc) is 2.82. The Morgan fingerprint density at radius 1 is 1.13 bits per heavy atom. The number of fused-ring (bicyclic) bond motifs is 5. The molecule has 0 saturated heterocycles. The zero-order chi connectivity index (χ0) is 16.4. The lowest BCUT2D eigenvalue weighted by atomic mass is 9.45. The van der Waals surface area contributed by atoms with Gasteiger partial charge in [0.05, 0.1) is 0 Å². The average molecular weight is 335 g/mol. The van der Waals surface area contributed by atoms with Gasteiger partial charge in [0.25, 0.3) is 0 Å². The Labute approximate surface area is 144 Å². The normalized spacial score (nSPS) is 51.8. The molecular weight excluding hydrogens is 308 g/mol. The number of carbonyl (C=O) groups excluding carboxylic acids is 2. The third-order valence-electron chi connectivity index (χ3n) is 8.17. The van der Waals surface area contributed by atoms with Crippen LogP contribution in [0, 0.1) is 40.4 Å². The number of carbonyl (C=O) groups is 2. The van der Waals surface area contributed by atoms with Gasteiger partial charge in [0.15, 0.2) is 0 Å². The molecule has 2 nitrogen and oxygen atoms in total. The Morgan fingerprint density at radius 2 is 1.91 bits per heavy atom. The summed E-state index contributed by atoms with van der Waals surface area (Å²) in [6, 6.07) is 0. The smallest absolute Gasteiger partial charge is 0.225 e. The van der Waals surface area contributed by atoms with E-state index in [4.69, 9.17) is 11.6 Å². The van der Waals surface area contributed by atoms with Crippen LogP contribution in [0.4, 0.5) is 0 Å². The number of allylic oxidation sites excluding steroid dienone is 2. The van der Waals surface area contributed by atoms with Crippen molar-refractivity contribution in [1.29, 1.82) is 0 Å². The quantitative estimate of drug-likeness (QED) is 0.512. The van der Waals surface area contributed by atoms with Crippen molar-refractivity contribution in [3.05, 3.63) is 12.2 Å². The molecule has 4 aliphatic carbocycles. The van der Waals surface area contributed by atoms with Crippen molar-refractivity contribution in [2.45, 2.75) is 58.8 Å². The maximum Gasteiger partial charge on any atom is 0.225 e. The van der Waals surface area contributed by atoms with Gasteiger partial charge in [-0.15, -0.1) is 0 Å². The lowest BCUT2D eigenvalue weighted by Gasteiger charge is -2.58. The summed E-state index contributed by atoms with van der Waals surface area (Å²) in [6.45, 7) is 4.52. The van der Waals surface area contributed by atoms with Crippen molar-refractivity contribution in [1.82, 2.24) is 0 Å². The van der Waals surface area contributed by atoms with E-state index in [0.717, 1.165) is 32.1 Å². The minimum absolute atomic E-state index is 0.115. The Balaban J connectivity index is 1.72. The number of halogens is 1. The summed E-state index contributed by atoms with van der Waals surface area (Å²) in [4.78, 5) is 25.1. The molecule has 3 fully saturated rings. The van der Waals surface area contributed by atoms with Crippen molar-refractivity contribution in [3.8, 4) is 0 Å². The van der Waals surface area contributed by atoms with Crippen LogP contribution in [-0.4, -0.2) is 11.0 Å². The Bertz CT molecular complexity index is 582. The van der Waals surface area contributed by atoms with Crippen LogP contribution >= 0.6 is 11.6 Å². The summed E-state index contributed by atoms with van der Waals surface area (Å²) < 4.78 is 0. The van der Waals surface area contributed by atoms with Gasteiger partial charge >= 0.3 is 0 Å². The molecule has 0 aromatic rings. The van der Waals surface area contributed by atoms with Gasteiger partial charge in [0.2, 0.25) is 5.24 Å². The van der Waals surface area contributed by atoms with Gasteiger partial charge in [-0.05, 0) is 78.7 Å². The maximum atomic E-state index is 13.2. The fraction of sp³-hybridized carbons (Fsp3) is 0.800. The largest absolute Gasteiger partial charge is 0.299 e. The second-order valence-electron chi connectivity index (χ2n) is 9.02. The van der Waals surface area contributed by atoms with Crippen molar-refractivity contribution in [2.75, 3.05) is 0 Å². The fourth-order valence-corrected chi connectivity index (χ4v) is 7.39. The van der Waals surface area contributed by atoms with Crippen LogP contribution in [0.2, 0.25) is 0 Å². The van der Waals surface area contributed by atoms with Crippen molar-refractivity contribution in [2.24, 2.45) is 40.4 Å². The van der Waals surface area contributed by atoms with Crippen LogP contribution in [0.5, 0.6) is 0 Å². The summed E-state index contributed by atoms with van der Waals surface area (Å²) in [5.74, 6) is 2.14. The van der Waals surface area contributed by atoms with E-state index in [1.54, 1.807) is 0 Å². The van der Waals surface area contributed by atoms with Crippen molar-refractivity contribution in [3.63, 3.8) is 0 Å². The third-order valence-corrected chi connectivity index (χ3v) is 8.43. The van der Waals surface area contributed by atoms with Gasteiger partial charge in [-0.2, -0.15) is 0 Å². The molecule has 4 aliphatic rings. The molecule has 0 amide bonds. The molecule has 3 heteroatoms. The van der Waals surface area contributed by atoms with Crippen molar-refractivity contribution >= 4 is 22.6 Å². The number of Topliss-reactive ketones (excluding diaryl/α,β-unsaturated/α-hetero) is 1. The Kier molecular flexibility index (Phi) is 3.58. The van der Waals surface area contributed by atoms with Gasteiger partial charge in [-0.3, -0.25) is 9.59 Å². The monoisotopic (exact) mass is 334 g/mol. The first-order valence-electron chi connectivity index (χ1n) is 9.25. The Morgan fingerprint density at radius 3 is 2.65 bits per heavy atom. The van der Waals surface area contributed by atoms with Crippen molar-refractivity contribution < 1.29 is 9.59 Å². The van der Waals surface area contributed by atoms with E-state index in [1.165, 1.54) is 6.42 Å². The van der Waals surface area contributed by atoms with Gasteiger partial charge in [-0.25, -0.2) is 0 Å². The Hall–Kier alpha value is -0.630. The third kappa shape index (κ3) is 2.06. The summed E-state index contributed by atoms with van der Waals surface area (Å²) >= 11 is 5.90. The van der Waals surface area contributed by atoms with E-state index in [9.17, 15) is 9.59 Å². The standard InChI is InChI=1S/C20H27ClO2/c1-19-10-4-3-5-12(19)6-7-13-14-8-9-15(18(21)23)20(14,2)11-16(22)17(13)19/h3-4,12-15,17H,5-11H2,1-2H3/t12-,13+,14+,15-,17-,19+,20+/m1/s1. The first-order valence-corrected chi connectivity index (χ1v) is 9.63. The lowest BCUT2D eigenvalue weighted by molar-refractivity contribution is -0.154. The van der Waals surface area contributed by atoms with E-state index < -0.39 is 0 Å². The van der Waals surface area contributed by atoms with Gasteiger partial charge in [0.1, 0.15) is 5.78 Å². The summed E-state index contributed by atoms with van der Waals surface area (Å²) in [5.41, 5.74) is -0.0517. The summed E-state index contributed by atoms with van der Waals surface area (Å²) in [7, 11) is 0. The van der Waals surface area contributed by atoms with E-state index >= 15 is 0 Å². The molecule has 4 rings (SSSR count). The first-order chi connectivity index (χ1) is 10.9. The number of hydrogen-bond donors (Lipinski definition) is 0. The molecule has 0 aromatic carbocycles. The summed E-state index contributed by atoms with van der Waals surface area (Å²) in [6.07, 6.45) is 11.7. The molecule has 3 saturated carbocycles. The SMILES string of the molecule is C[C@]12CC=CC[C@@H]1CC[C@H]1[C@@H]3CC[C@H](C(=O)Cl)[C@@]3(C)CC(=O)[C@@H]12. The molecule has 0 radical (unpaired) electrons. The molecule has 0 aromatic heterocycles. The topological polar surface area (TPSA) is 34.1 Å². The second-order valence-corrected chi connectivity index (χ2v) is 9.39. The lowest BCUT2D eigenvalue weighted by Crippen LogP contribution is -2.56. The molecule has 0 spiro atoms. The van der Waals surface area contributed by atoms with E-state index in [1.807, 2.05) is 0 Å². The minimum atomic E-state index is -0.221. The molecule has 0 bridgehead atoms. The molecule has 0 heterocycles. The van der Waals surface area contributed by atoms with Gasteiger partial charge in [0, 0.05) is 18.3 Å². The number of rotatable bonds is 1. The molecule has 0 unspecified atom stereocenters. The van der Waals surface area contributed by atoms with E-state index in [2.05, 4.69) is 26.0 Å². The highest BCUT2D eigenvalue weighted by Gasteiger charge is 2.63. The fourth-order valence-electron chi connectivity index (χ4n) is 7.03. The zero-order valence-corrected chi connectivity index (χ0v) is 14.9. The highest BCUT2D eigenvalue weighted by atomic mass is 35.5. The molecule has 126 valence electrons. The molecule has 0 N–H and O–H groups in total. The minimum Gasteiger partial charge on any atom is -0.299 e.